The second kappa shape index (κ2) is 9.47. The molecule has 0 saturated heterocycles. The smallest absolute Gasteiger partial charge is 0.416 e. The zero-order valence-electron chi connectivity index (χ0n) is 17.2. The first-order valence-corrected chi connectivity index (χ1v) is 11.5. The first kappa shape index (κ1) is 27.0. The fourth-order valence-corrected chi connectivity index (χ4v) is 5.11. The van der Waals surface area contributed by atoms with Crippen LogP contribution in [0, 0.1) is 0 Å². The zero-order valence-corrected chi connectivity index (χ0v) is 18.7. The second-order valence-corrected chi connectivity index (χ2v) is 9.70. The Morgan fingerprint density at radius 1 is 1.06 bits per heavy atom. The van der Waals surface area contributed by atoms with Gasteiger partial charge in [-0.15, -0.1) is 0 Å². The maximum atomic E-state index is 13.6. The van der Waals surface area contributed by atoms with Crippen LogP contribution < -0.4 is 9.46 Å². The number of fused-ring (bicyclic) bond motifs is 1. The van der Waals surface area contributed by atoms with Crippen LogP contribution in [0.3, 0.4) is 0 Å². The summed E-state index contributed by atoms with van der Waals surface area (Å²) in [4.78, 5) is 9.51. The molecule has 192 valence electrons. The van der Waals surface area contributed by atoms with E-state index in [1.807, 2.05) is 0 Å². The van der Waals surface area contributed by atoms with E-state index in [2.05, 4.69) is 4.72 Å². The van der Waals surface area contributed by atoms with E-state index in [0.29, 0.717) is 0 Å². The van der Waals surface area contributed by atoms with E-state index in [4.69, 9.17) is 21.4 Å². The Hall–Kier alpha value is -2.58. The molecule has 2 aromatic rings. The van der Waals surface area contributed by atoms with Crippen molar-refractivity contribution in [2.24, 2.45) is 0 Å². The van der Waals surface area contributed by atoms with Gasteiger partial charge in [0.05, 0.1) is 16.0 Å². The summed E-state index contributed by atoms with van der Waals surface area (Å²) in [6.45, 7) is 0. The number of hydrogen-bond acceptors (Lipinski definition) is 4. The molecule has 0 saturated carbocycles. The number of alkyl halides is 7. The molecule has 6 nitrogen and oxygen atoms in total. The zero-order chi connectivity index (χ0) is 26.3. The lowest BCUT2D eigenvalue weighted by atomic mass is 9.87. The average molecular weight is 550 g/mol. The summed E-state index contributed by atoms with van der Waals surface area (Å²) < 4.78 is 125. The van der Waals surface area contributed by atoms with E-state index in [0.717, 1.165) is 6.07 Å². The lowest BCUT2D eigenvalue weighted by Gasteiger charge is -2.28. The van der Waals surface area contributed by atoms with Gasteiger partial charge in [-0.3, -0.25) is 0 Å². The van der Waals surface area contributed by atoms with Gasteiger partial charge in [0.25, 0.3) is 0 Å². The summed E-state index contributed by atoms with van der Waals surface area (Å²) >= 11 is 5.96. The standard InChI is InChI=1S/C20H15ClF7NO5S/c21-11-7-14-13(16(8-11)34-17(22)18(30)31)2-1-3-15(14)29-35(32,33)12-5-9(19(23,24)25)4-10(6-12)20(26,27)28/h4-8,15,17,29H,1-3H2,(H,30,31)/t15?,17-/m0/s1. The molecule has 2 atom stereocenters. The van der Waals surface area contributed by atoms with E-state index in [1.54, 1.807) is 0 Å². The van der Waals surface area contributed by atoms with Gasteiger partial charge in [0.1, 0.15) is 5.75 Å². The quantitative estimate of drug-likeness (QED) is 0.465. The molecule has 0 fully saturated rings. The van der Waals surface area contributed by atoms with Crippen LogP contribution in [-0.4, -0.2) is 25.9 Å². The van der Waals surface area contributed by atoms with E-state index < -0.39 is 56.8 Å². The molecule has 1 aliphatic rings. The maximum absolute atomic E-state index is 13.6. The highest BCUT2D eigenvalue weighted by Crippen LogP contribution is 2.40. The molecule has 0 aliphatic heterocycles. The van der Waals surface area contributed by atoms with Crippen molar-refractivity contribution in [1.29, 1.82) is 0 Å². The third-order valence-corrected chi connectivity index (χ3v) is 6.77. The summed E-state index contributed by atoms with van der Waals surface area (Å²) in [5.41, 5.74) is -3.31. The van der Waals surface area contributed by atoms with E-state index in [1.165, 1.54) is 6.07 Å². The van der Waals surface area contributed by atoms with Crippen molar-refractivity contribution in [2.45, 2.75) is 48.9 Å². The fourth-order valence-electron chi connectivity index (χ4n) is 3.58. The number of carboxylic acids is 1. The molecule has 1 aliphatic carbocycles. The van der Waals surface area contributed by atoms with Crippen LogP contribution in [0.2, 0.25) is 5.02 Å². The second-order valence-electron chi connectivity index (χ2n) is 7.55. The highest BCUT2D eigenvalue weighted by molar-refractivity contribution is 7.89. The number of aliphatic carboxylic acids is 1. The predicted octanol–water partition coefficient (Wildman–Crippen LogP) is 5.49. The van der Waals surface area contributed by atoms with Gasteiger partial charge in [-0.25, -0.2) is 17.9 Å². The van der Waals surface area contributed by atoms with Gasteiger partial charge in [0, 0.05) is 11.1 Å². The van der Waals surface area contributed by atoms with Crippen LogP contribution >= 0.6 is 11.6 Å². The van der Waals surface area contributed by atoms with Gasteiger partial charge < -0.3 is 9.84 Å². The Morgan fingerprint density at radius 2 is 1.63 bits per heavy atom. The number of carbonyl (C=O) groups is 1. The molecule has 0 amide bonds. The van der Waals surface area contributed by atoms with Crippen molar-refractivity contribution >= 4 is 27.6 Å². The summed E-state index contributed by atoms with van der Waals surface area (Å²) in [6, 6.07) is 1.14. The number of ether oxygens (including phenoxy) is 1. The number of carboxylic acid groups (broad SMARTS) is 1. The molecule has 0 spiro atoms. The molecular weight excluding hydrogens is 535 g/mol. The molecule has 0 radical (unpaired) electrons. The highest BCUT2D eigenvalue weighted by atomic mass is 35.5. The van der Waals surface area contributed by atoms with Crippen molar-refractivity contribution in [2.75, 3.05) is 0 Å². The predicted molar refractivity (Wildman–Crippen MR) is 107 cm³/mol. The maximum Gasteiger partial charge on any atom is 0.416 e. The number of sulfonamides is 1. The minimum Gasteiger partial charge on any atom is -0.476 e. The molecule has 1 unspecified atom stereocenters. The summed E-state index contributed by atoms with van der Waals surface area (Å²) in [5.74, 6) is -2.22. The molecule has 0 heterocycles. The van der Waals surface area contributed by atoms with Crippen LogP contribution in [0.1, 0.15) is 41.1 Å². The van der Waals surface area contributed by atoms with Crippen LogP contribution in [0.5, 0.6) is 5.75 Å². The summed E-state index contributed by atoms with van der Waals surface area (Å²) in [6.07, 6.45) is -12.8. The Kier molecular flexibility index (Phi) is 7.31. The number of hydrogen-bond donors (Lipinski definition) is 2. The van der Waals surface area contributed by atoms with Gasteiger partial charge >= 0.3 is 24.7 Å². The van der Waals surface area contributed by atoms with Gasteiger partial charge in [-0.2, -0.15) is 30.7 Å². The molecule has 15 heteroatoms. The SMILES string of the molecule is O=C(O)[C@@H](F)Oc1cc(Cl)cc2c1CCCC2NS(=O)(=O)c1cc(C(F)(F)F)cc(C(F)(F)F)c1. The van der Waals surface area contributed by atoms with Gasteiger partial charge in [-0.1, -0.05) is 11.6 Å². The molecule has 35 heavy (non-hydrogen) atoms. The Morgan fingerprint density at radius 3 is 2.14 bits per heavy atom. The summed E-state index contributed by atoms with van der Waals surface area (Å²) in [7, 11) is -4.93. The Labute approximate surface area is 198 Å². The third kappa shape index (κ3) is 6.16. The van der Waals surface area contributed by atoms with Crippen molar-refractivity contribution in [3.8, 4) is 5.75 Å². The van der Waals surface area contributed by atoms with E-state index in [-0.39, 0.29) is 59.4 Å². The molecule has 0 aromatic heterocycles. The third-order valence-electron chi connectivity index (χ3n) is 5.10. The van der Waals surface area contributed by atoms with Crippen molar-refractivity contribution in [1.82, 2.24) is 4.72 Å². The number of benzene rings is 2. The molecule has 2 aromatic carbocycles. The van der Waals surface area contributed by atoms with Gasteiger partial charge in [-0.05, 0) is 60.7 Å². The average Bonchev–Trinajstić information content (AvgIpc) is 2.72. The summed E-state index contributed by atoms with van der Waals surface area (Å²) in [5, 5.41) is 8.63. The topological polar surface area (TPSA) is 92.7 Å². The molecular formula is C20H15ClF7NO5S. The van der Waals surface area contributed by atoms with Gasteiger partial charge in [0.15, 0.2) is 0 Å². The molecule has 0 bridgehead atoms. The Balaban J connectivity index is 2.04. The monoisotopic (exact) mass is 549 g/mol. The minimum atomic E-state index is -5.25. The van der Waals surface area contributed by atoms with Crippen LogP contribution in [-0.2, 0) is 33.6 Å². The lowest BCUT2D eigenvalue weighted by Crippen LogP contribution is -2.32. The normalized spacial score (nSPS) is 17.5. The van der Waals surface area contributed by atoms with Crippen molar-refractivity contribution in [3.05, 3.63) is 57.6 Å². The largest absolute Gasteiger partial charge is 0.476 e. The molecule has 2 N–H and O–H groups in total. The lowest BCUT2D eigenvalue weighted by molar-refractivity contribution is -0.153. The first-order valence-electron chi connectivity index (χ1n) is 9.66. The van der Waals surface area contributed by atoms with Crippen molar-refractivity contribution in [3.63, 3.8) is 0 Å². The minimum absolute atomic E-state index is 0.0646. The van der Waals surface area contributed by atoms with Crippen LogP contribution in [0.25, 0.3) is 0 Å². The molecule has 3 rings (SSSR count). The van der Waals surface area contributed by atoms with Crippen molar-refractivity contribution < 1.29 is 53.8 Å². The van der Waals surface area contributed by atoms with Crippen LogP contribution in [0.4, 0.5) is 30.7 Å². The fraction of sp³-hybridized carbons (Fsp3) is 0.350. The van der Waals surface area contributed by atoms with E-state index >= 15 is 0 Å². The van der Waals surface area contributed by atoms with Crippen LogP contribution in [0.15, 0.2) is 35.2 Å². The Bertz CT molecular complexity index is 1220. The first-order chi connectivity index (χ1) is 16.0. The highest BCUT2D eigenvalue weighted by Gasteiger charge is 2.39. The number of nitrogens with one attached hydrogen (secondary N) is 1. The van der Waals surface area contributed by atoms with E-state index in [9.17, 15) is 43.9 Å². The van der Waals surface area contributed by atoms with Gasteiger partial charge in [0.2, 0.25) is 10.0 Å². The number of rotatable bonds is 6. The number of halogens is 8.